The van der Waals surface area contributed by atoms with Gasteiger partial charge in [-0.25, -0.2) is 0 Å². The van der Waals surface area contributed by atoms with Crippen LogP contribution in [0, 0.1) is 5.92 Å². The maximum atomic E-state index is 11.3. The largest absolute Gasteiger partial charge is 0.309 e. The van der Waals surface area contributed by atoms with E-state index in [0.717, 1.165) is 25.8 Å². The number of ketones is 1. The first-order valence-corrected chi connectivity index (χ1v) is 4.37. The molecule has 1 aliphatic rings. The molecule has 2 heteroatoms. The molecule has 2 nitrogen and oxygen atoms in total. The van der Waals surface area contributed by atoms with E-state index in [1.165, 1.54) is 6.42 Å². The van der Waals surface area contributed by atoms with Crippen molar-refractivity contribution in [2.24, 2.45) is 5.92 Å². The molecular weight excluding hydrogens is 138 g/mol. The quantitative estimate of drug-likeness (QED) is 0.599. The molecule has 1 aliphatic carbocycles. The number of carbonyl (C=O) groups excluding carboxylic acids is 1. The molecule has 0 radical (unpaired) electrons. The van der Waals surface area contributed by atoms with Crippen LogP contribution in [-0.2, 0) is 4.79 Å². The molecule has 0 amide bonds. The van der Waals surface area contributed by atoms with Gasteiger partial charge in [-0.1, -0.05) is 6.42 Å². The Morgan fingerprint density at radius 2 is 2.18 bits per heavy atom. The van der Waals surface area contributed by atoms with E-state index in [4.69, 9.17) is 0 Å². The third-order valence-corrected chi connectivity index (χ3v) is 2.27. The number of carbonyl (C=O) groups is 1. The van der Waals surface area contributed by atoms with Crippen LogP contribution in [0.15, 0.2) is 0 Å². The Morgan fingerprint density at radius 1 is 1.45 bits per heavy atom. The molecule has 0 spiro atoms. The smallest absolute Gasteiger partial charge is 0.137 e. The fraction of sp³-hybridized carbons (Fsp3) is 0.889. The van der Waals surface area contributed by atoms with Crippen LogP contribution in [0.2, 0.25) is 0 Å². The zero-order valence-corrected chi connectivity index (χ0v) is 7.47. The lowest BCUT2D eigenvalue weighted by molar-refractivity contribution is -0.125. The maximum absolute atomic E-state index is 11.3. The van der Waals surface area contributed by atoms with Gasteiger partial charge >= 0.3 is 0 Å². The van der Waals surface area contributed by atoms with Crippen molar-refractivity contribution < 1.29 is 4.79 Å². The molecular formula is C9H17NO. The highest BCUT2D eigenvalue weighted by atomic mass is 16.1. The van der Waals surface area contributed by atoms with Gasteiger partial charge in [0.05, 0.1) is 0 Å². The zero-order valence-electron chi connectivity index (χ0n) is 7.47. The number of Topliss-reactive ketones (excluding diaryl/α,β-unsaturated/α-hetero) is 1. The van der Waals surface area contributed by atoms with E-state index in [-0.39, 0.29) is 0 Å². The van der Waals surface area contributed by atoms with E-state index >= 15 is 0 Å². The molecule has 1 fully saturated rings. The van der Waals surface area contributed by atoms with Crippen molar-refractivity contribution in [1.29, 1.82) is 0 Å². The van der Waals surface area contributed by atoms with Crippen molar-refractivity contribution >= 4 is 5.78 Å². The second kappa shape index (κ2) is 3.86. The Morgan fingerprint density at radius 3 is 2.73 bits per heavy atom. The van der Waals surface area contributed by atoms with Crippen molar-refractivity contribution in [1.82, 2.24) is 4.90 Å². The predicted molar refractivity (Wildman–Crippen MR) is 45.5 cm³/mol. The number of hydrogen-bond acceptors (Lipinski definition) is 2. The van der Waals surface area contributed by atoms with Crippen molar-refractivity contribution in [2.45, 2.75) is 25.7 Å². The van der Waals surface area contributed by atoms with Crippen LogP contribution in [0.5, 0.6) is 0 Å². The molecule has 0 heterocycles. The Kier molecular flexibility index (Phi) is 3.06. The summed E-state index contributed by atoms with van der Waals surface area (Å²) in [5.74, 6) is 0.809. The third kappa shape index (κ3) is 2.62. The van der Waals surface area contributed by atoms with Crippen molar-refractivity contribution in [3.8, 4) is 0 Å². The highest BCUT2D eigenvalue weighted by molar-refractivity contribution is 5.81. The first-order valence-electron chi connectivity index (χ1n) is 4.37. The molecule has 0 aliphatic heterocycles. The molecule has 1 atom stereocenters. The lowest BCUT2D eigenvalue weighted by Crippen LogP contribution is -2.29. The Bertz CT molecular complexity index is 142. The van der Waals surface area contributed by atoms with Crippen molar-refractivity contribution in [3.63, 3.8) is 0 Å². The maximum Gasteiger partial charge on any atom is 0.137 e. The summed E-state index contributed by atoms with van der Waals surface area (Å²) in [6.07, 6.45) is 4.28. The highest BCUT2D eigenvalue weighted by Crippen LogP contribution is 2.20. The van der Waals surface area contributed by atoms with E-state index in [0.29, 0.717) is 11.7 Å². The summed E-state index contributed by atoms with van der Waals surface area (Å²) in [5.41, 5.74) is 0. The van der Waals surface area contributed by atoms with E-state index in [1.54, 1.807) is 0 Å². The van der Waals surface area contributed by atoms with Gasteiger partial charge in [-0.2, -0.15) is 0 Å². The van der Waals surface area contributed by atoms with Gasteiger partial charge < -0.3 is 4.90 Å². The fourth-order valence-corrected chi connectivity index (χ4v) is 1.69. The number of nitrogens with zero attached hydrogens (tertiary/aromatic N) is 1. The van der Waals surface area contributed by atoms with Gasteiger partial charge in [-0.15, -0.1) is 0 Å². The molecule has 0 N–H and O–H groups in total. The lowest BCUT2D eigenvalue weighted by Gasteiger charge is -2.23. The van der Waals surface area contributed by atoms with Crippen LogP contribution in [0.3, 0.4) is 0 Å². The van der Waals surface area contributed by atoms with E-state index in [2.05, 4.69) is 4.90 Å². The fourth-order valence-electron chi connectivity index (χ4n) is 1.69. The van der Waals surface area contributed by atoms with Gasteiger partial charge in [-0.3, -0.25) is 4.79 Å². The molecule has 0 aromatic heterocycles. The van der Waals surface area contributed by atoms with Crippen molar-refractivity contribution in [3.05, 3.63) is 0 Å². The third-order valence-electron chi connectivity index (χ3n) is 2.27. The van der Waals surface area contributed by atoms with Crippen LogP contribution in [0.4, 0.5) is 0 Å². The molecule has 0 unspecified atom stereocenters. The lowest BCUT2D eigenvalue weighted by atomic mass is 9.88. The summed E-state index contributed by atoms with van der Waals surface area (Å²) < 4.78 is 0. The minimum atomic E-state index is 0.332. The van der Waals surface area contributed by atoms with Gasteiger partial charge in [0.2, 0.25) is 0 Å². The van der Waals surface area contributed by atoms with Crippen LogP contribution in [-0.4, -0.2) is 31.3 Å². The molecule has 1 saturated carbocycles. The van der Waals surface area contributed by atoms with Crippen molar-refractivity contribution in [2.75, 3.05) is 20.6 Å². The van der Waals surface area contributed by atoms with Crippen LogP contribution in [0.25, 0.3) is 0 Å². The molecule has 0 aromatic carbocycles. The molecule has 0 aromatic rings. The summed E-state index contributed by atoms with van der Waals surface area (Å²) in [7, 11) is 4.06. The number of rotatable bonds is 2. The van der Waals surface area contributed by atoms with Gasteiger partial charge in [-0.05, 0) is 26.9 Å². The Labute approximate surface area is 68.6 Å². The van der Waals surface area contributed by atoms with Gasteiger partial charge in [0.15, 0.2) is 0 Å². The second-order valence-corrected chi connectivity index (χ2v) is 3.67. The summed E-state index contributed by atoms with van der Waals surface area (Å²) in [4.78, 5) is 13.4. The first kappa shape index (κ1) is 8.72. The van der Waals surface area contributed by atoms with Gasteiger partial charge in [0, 0.05) is 18.9 Å². The summed E-state index contributed by atoms with van der Waals surface area (Å²) >= 11 is 0. The summed E-state index contributed by atoms with van der Waals surface area (Å²) in [6.45, 7) is 0.943. The summed E-state index contributed by atoms with van der Waals surface area (Å²) in [6, 6.07) is 0. The zero-order chi connectivity index (χ0) is 8.27. The van der Waals surface area contributed by atoms with Gasteiger partial charge in [0.1, 0.15) is 5.78 Å². The van der Waals surface area contributed by atoms with Crippen LogP contribution < -0.4 is 0 Å². The van der Waals surface area contributed by atoms with E-state index < -0.39 is 0 Å². The Hall–Kier alpha value is -0.370. The summed E-state index contributed by atoms with van der Waals surface area (Å²) in [5, 5.41) is 0. The topological polar surface area (TPSA) is 20.3 Å². The molecule has 0 saturated heterocycles. The molecule has 1 rings (SSSR count). The van der Waals surface area contributed by atoms with E-state index in [1.807, 2.05) is 14.1 Å². The van der Waals surface area contributed by atoms with Crippen LogP contribution in [0.1, 0.15) is 25.7 Å². The SMILES string of the molecule is CN(C)C[C@H]1CCCCC1=O. The van der Waals surface area contributed by atoms with E-state index in [9.17, 15) is 4.79 Å². The minimum absolute atomic E-state index is 0.332. The average Bonchev–Trinajstić information content (AvgIpc) is 1.93. The predicted octanol–water partition coefficient (Wildman–Crippen LogP) is 1.31. The standard InChI is InChI=1S/C9H17NO/c1-10(2)7-8-5-3-4-6-9(8)11/h8H,3-7H2,1-2H3/t8-/m1/s1. The van der Waals surface area contributed by atoms with Gasteiger partial charge in [0.25, 0.3) is 0 Å². The molecule has 64 valence electrons. The average molecular weight is 155 g/mol. The minimum Gasteiger partial charge on any atom is -0.309 e. The Balaban J connectivity index is 2.36. The second-order valence-electron chi connectivity index (χ2n) is 3.67. The molecule has 11 heavy (non-hydrogen) atoms. The normalized spacial score (nSPS) is 26.1. The first-order chi connectivity index (χ1) is 5.20. The van der Waals surface area contributed by atoms with Crippen LogP contribution >= 0.6 is 0 Å². The monoisotopic (exact) mass is 155 g/mol. The highest BCUT2D eigenvalue weighted by Gasteiger charge is 2.21. The number of hydrogen-bond donors (Lipinski definition) is 0. The molecule has 0 bridgehead atoms.